The maximum Gasteiger partial charge on any atom is 0.123 e. The molecule has 3 heteroatoms. The molecule has 1 N–H and O–H groups in total. The fourth-order valence-corrected chi connectivity index (χ4v) is 3.38. The van der Waals surface area contributed by atoms with E-state index in [2.05, 4.69) is 25.2 Å². The summed E-state index contributed by atoms with van der Waals surface area (Å²) < 4.78 is 12.9. The van der Waals surface area contributed by atoms with Crippen LogP contribution < -0.4 is 5.32 Å². The minimum atomic E-state index is -0.186. The molecule has 0 amide bonds. The summed E-state index contributed by atoms with van der Waals surface area (Å²) in [5.74, 6) is 0.379. The number of hydrogen-bond donors (Lipinski definition) is 1. The van der Waals surface area contributed by atoms with Gasteiger partial charge in [0.25, 0.3) is 0 Å². The number of nitriles is 1. The van der Waals surface area contributed by atoms with Crippen LogP contribution in [0.5, 0.6) is 0 Å². The lowest BCUT2D eigenvalue weighted by Crippen LogP contribution is -2.39. The molecule has 1 aliphatic rings. The molecule has 0 heterocycles. The second-order valence-electron chi connectivity index (χ2n) is 6.63. The van der Waals surface area contributed by atoms with E-state index in [0.717, 1.165) is 37.8 Å². The molecule has 0 atom stereocenters. The van der Waals surface area contributed by atoms with Gasteiger partial charge < -0.3 is 5.32 Å². The summed E-state index contributed by atoms with van der Waals surface area (Å²) in [6.45, 7) is 5.27. The maximum absolute atomic E-state index is 12.9. The third kappa shape index (κ3) is 4.04. The number of nitrogens with one attached hydrogen (secondary N) is 1. The van der Waals surface area contributed by atoms with Gasteiger partial charge in [0.1, 0.15) is 5.82 Å². The van der Waals surface area contributed by atoms with E-state index in [9.17, 15) is 4.39 Å². The zero-order valence-corrected chi connectivity index (χ0v) is 13.0. The van der Waals surface area contributed by atoms with Crippen molar-refractivity contribution in [3.8, 4) is 6.07 Å². The van der Waals surface area contributed by atoms with Gasteiger partial charge in [-0.2, -0.15) is 5.26 Å². The SMILES string of the molecule is CC(C)C1(CC#N)CCC(NCc2ccc(F)cc2)CC1. The normalized spacial score (nSPS) is 25.8. The van der Waals surface area contributed by atoms with Gasteiger partial charge in [-0.1, -0.05) is 26.0 Å². The zero-order valence-electron chi connectivity index (χ0n) is 13.0. The van der Waals surface area contributed by atoms with E-state index in [1.165, 1.54) is 12.1 Å². The molecule has 2 nitrogen and oxygen atoms in total. The fourth-order valence-electron chi connectivity index (χ4n) is 3.38. The average Bonchev–Trinajstić information content (AvgIpc) is 2.48. The molecule has 1 aromatic rings. The lowest BCUT2D eigenvalue weighted by molar-refractivity contribution is 0.105. The number of halogens is 1. The van der Waals surface area contributed by atoms with E-state index in [-0.39, 0.29) is 11.2 Å². The highest BCUT2D eigenvalue weighted by Gasteiger charge is 2.37. The first-order chi connectivity index (χ1) is 10.1. The highest BCUT2D eigenvalue weighted by molar-refractivity contribution is 5.15. The second-order valence-corrected chi connectivity index (χ2v) is 6.63. The summed E-state index contributed by atoms with van der Waals surface area (Å²) in [6, 6.07) is 9.58. The fraction of sp³-hybridized carbons (Fsp3) is 0.611. The highest BCUT2D eigenvalue weighted by Crippen LogP contribution is 2.45. The van der Waals surface area contributed by atoms with E-state index in [4.69, 9.17) is 5.26 Å². The molecule has 1 aliphatic carbocycles. The van der Waals surface area contributed by atoms with Crippen LogP contribution in [0.4, 0.5) is 4.39 Å². The molecule has 114 valence electrons. The van der Waals surface area contributed by atoms with Crippen LogP contribution in [0.1, 0.15) is 51.5 Å². The predicted octanol–water partition coefficient (Wildman–Crippen LogP) is 4.41. The van der Waals surface area contributed by atoms with Crippen LogP contribution in [0.2, 0.25) is 0 Å². The van der Waals surface area contributed by atoms with Gasteiger partial charge in [0.15, 0.2) is 0 Å². The maximum atomic E-state index is 12.9. The van der Waals surface area contributed by atoms with Crippen molar-refractivity contribution in [1.29, 1.82) is 5.26 Å². The lowest BCUT2D eigenvalue weighted by atomic mass is 9.64. The first-order valence-electron chi connectivity index (χ1n) is 7.90. The Hall–Kier alpha value is -1.40. The molecule has 21 heavy (non-hydrogen) atoms. The zero-order chi connectivity index (χ0) is 15.3. The molecule has 0 unspecified atom stereocenters. The Bertz CT molecular complexity index is 479. The highest BCUT2D eigenvalue weighted by atomic mass is 19.1. The molecule has 2 rings (SSSR count). The van der Waals surface area contributed by atoms with Gasteiger partial charge in [0.2, 0.25) is 0 Å². The monoisotopic (exact) mass is 288 g/mol. The molecule has 0 radical (unpaired) electrons. The van der Waals surface area contributed by atoms with Crippen LogP contribution in [0.25, 0.3) is 0 Å². The van der Waals surface area contributed by atoms with Crippen LogP contribution in [-0.2, 0) is 6.54 Å². The molecule has 0 aromatic heterocycles. The van der Waals surface area contributed by atoms with E-state index >= 15 is 0 Å². The Labute approximate surface area is 127 Å². The predicted molar refractivity (Wildman–Crippen MR) is 83.0 cm³/mol. The quantitative estimate of drug-likeness (QED) is 0.871. The van der Waals surface area contributed by atoms with Gasteiger partial charge in [0.05, 0.1) is 6.07 Å². The van der Waals surface area contributed by atoms with Gasteiger partial charge >= 0.3 is 0 Å². The second kappa shape index (κ2) is 7.04. The lowest BCUT2D eigenvalue weighted by Gasteiger charge is -2.42. The van der Waals surface area contributed by atoms with Gasteiger partial charge in [-0.15, -0.1) is 0 Å². The van der Waals surface area contributed by atoms with Crippen molar-refractivity contribution < 1.29 is 4.39 Å². The largest absolute Gasteiger partial charge is 0.310 e. The number of nitrogens with zero attached hydrogens (tertiary/aromatic N) is 1. The molecule has 1 saturated carbocycles. The van der Waals surface area contributed by atoms with E-state index < -0.39 is 0 Å². The molecule has 0 bridgehead atoms. The smallest absolute Gasteiger partial charge is 0.123 e. The topological polar surface area (TPSA) is 35.8 Å². The summed E-state index contributed by atoms with van der Waals surface area (Å²) in [4.78, 5) is 0. The summed E-state index contributed by atoms with van der Waals surface area (Å²) in [6.07, 6.45) is 5.18. The van der Waals surface area contributed by atoms with Crippen LogP contribution in [0, 0.1) is 28.5 Å². The van der Waals surface area contributed by atoms with Crippen molar-refractivity contribution in [2.75, 3.05) is 0 Å². The van der Waals surface area contributed by atoms with Crippen LogP contribution in [0.15, 0.2) is 24.3 Å². The van der Waals surface area contributed by atoms with Crippen LogP contribution in [0.3, 0.4) is 0 Å². The Morgan fingerprint density at radius 1 is 1.29 bits per heavy atom. The number of hydrogen-bond acceptors (Lipinski definition) is 2. The minimum Gasteiger partial charge on any atom is -0.310 e. The summed E-state index contributed by atoms with van der Waals surface area (Å²) in [5.41, 5.74) is 1.33. The van der Waals surface area contributed by atoms with Crippen molar-refractivity contribution in [3.63, 3.8) is 0 Å². The molecule has 0 spiro atoms. The summed E-state index contributed by atoms with van der Waals surface area (Å²) >= 11 is 0. The van der Waals surface area contributed by atoms with Gasteiger partial charge in [-0.25, -0.2) is 4.39 Å². The third-order valence-electron chi connectivity index (χ3n) is 5.15. The molecule has 0 aliphatic heterocycles. The third-order valence-corrected chi connectivity index (χ3v) is 5.15. The summed E-state index contributed by atoms with van der Waals surface area (Å²) in [7, 11) is 0. The van der Waals surface area contributed by atoms with Crippen molar-refractivity contribution in [1.82, 2.24) is 5.32 Å². The molecule has 1 fully saturated rings. The summed E-state index contributed by atoms with van der Waals surface area (Å²) in [5, 5.41) is 12.6. The molecular weight excluding hydrogens is 263 g/mol. The van der Waals surface area contributed by atoms with Crippen molar-refractivity contribution in [3.05, 3.63) is 35.6 Å². The standard InChI is InChI=1S/C18H25FN2/c1-14(2)18(11-12-20)9-7-17(8-10-18)21-13-15-3-5-16(19)6-4-15/h3-6,14,17,21H,7-11,13H2,1-2H3. The molecule has 1 aromatic carbocycles. The number of rotatable bonds is 5. The molecular formula is C18H25FN2. The van der Waals surface area contributed by atoms with Gasteiger partial charge in [0, 0.05) is 19.0 Å². The van der Waals surface area contributed by atoms with Gasteiger partial charge in [-0.05, 0) is 54.7 Å². The molecule has 0 saturated heterocycles. The van der Waals surface area contributed by atoms with Crippen LogP contribution in [-0.4, -0.2) is 6.04 Å². The van der Waals surface area contributed by atoms with Gasteiger partial charge in [-0.3, -0.25) is 0 Å². The minimum absolute atomic E-state index is 0.186. The Balaban J connectivity index is 1.84. The van der Waals surface area contributed by atoms with Crippen molar-refractivity contribution in [2.24, 2.45) is 11.3 Å². The Morgan fingerprint density at radius 2 is 1.90 bits per heavy atom. The average molecular weight is 288 g/mol. The van der Waals surface area contributed by atoms with Crippen molar-refractivity contribution in [2.45, 2.75) is 58.5 Å². The first-order valence-corrected chi connectivity index (χ1v) is 7.90. The number of benzene rings is 1. The first kappa shape index (κ1) is 16.0. The van der Waals surface area contributed by atoms with Crippen LogP contribution >= 0.6 is 0 Å². The Morgan fingerprint density at radius 3 is 2.43 bits per heavy atom. The van der Waals surface area contributed by atoms with E-state index in [1.54, 1.807) is 0 Å². The van der Waals surface area contributed by atoms with Crippen molar-refractivity contribution >= 4 is 0 Å². The Kier molecular flexibility index (Phi) is 5.36. The van der Waals surface area contributed by atoms with E-state index in [1.807, 2.05) is 12.1 Å². The van der Waals surface area contributed by atoms with E-state index in [0.29, 0.717) is 18.4 Å².